The molecule has 4 nitrogen and oxygen atoms in total. The fourth-order valence-corrected chi connectivity index (χ4v) is 1.89. The molecule has 2 N–H and O–H groups in total. The summed E-state index contributed by atoms with van der Waals surface area (Å²) < 4.78 is 8.59. The van der Waals surface area contributed by atoms with E-state index in [0.717, 1.165) is 21.7 Å². The third-order valence-corrected chi connectivity index (χ3v) is 2.89. The van der Waals surface area contributed by atoms with E-state index < -0.39 is 0 Å². The molecule has 2 rings (SSSR count). The number of hydrogen-bond donors (Lipinski definition) is 1. The van der Waals surface area contributed by atoms with Crippen molar-refractivity contribution in [2.24, 2.45) is 12.8 Å². The lowest BCUT2D eigenvalue weighted by atomic mass is 10.3. The summed E-state index contributed by atoms with van der Waals surface area (Å²) in [5.41, 5.74) is 6.41. The van der Waals surface area contributed by atoms with Crippen molar-refractivity contribution < 1.29 is 4.74 Å². The van der Waals surface area contributed by atoms with Crippen LogP contribution in [-0.2, 0) is 20.2 Å². The van der Waals surface area contributed by atoms with Gasteiger partial charge in [0.1, 0.15) is 18.2 Å². The molecule has 1 aromatic carbocycles. The maximum atomic E-state index is 5.66. The summed E-state index contributed by atoms with van der Waals surface area (Å²) in [6.45, 7) is 0.887. The number of nitrogens with two attached hydrogens (primary N) is 1. The molecule has 0 bridgehead atoms. The van der Waals surface area contributed by atoms with Gasteiger partial charge in [-0.25, -0.2) is 4.98 Å². The molecule has 1 heterocycles. The second kappa shape index (κ2) is 5.33. The zero-order valence-corrected chi connectivity index (χ0v) is 11.1. The molecule has 0 aliphatic rings. The second-order valence-corrected chi connectivity index (χ2v) is 4.63. The lowest BCUT2D eigenvalue weighted by Gasteiger charge is -2.06. The van der Waals surface area contributed by atoms with E-state index in [-0.39, 0.29) is 0 Å². The third kappa shape index (κ3) is 3.08. The van der Waals surface area contributed by atoms with Gasteiger partial charge in [0.25, 0.3) is 0 Å². The summed E-state index contributed by atoms with van der Waals surface area (Å²) >= 11 is 3.40. The Morgan fingerprint density at radius 3 is 2.94 bits per heavy atom. The van der Waals surface area contributed by atoms with Crippen LogP contribution in [0.2, 0.25) is 0 Å². The highest BCUT2D eigenvalue weighted by molar-refractivity contribution is 9.10. The van der Waals surface area contributed by atoms with Crippen molar-refractivity contribution in [3.8, 4) is 5.75 Å². The fraction of sp³-hybridized carbons (Fsp3) is 0.250. The van der Waals surface area contributed by atoms with E-state index in [1.807, 2.05) is 42.1 Å². The molecule has 0 saturated heterocycles. The van der Waals surface area contributed by atoms with Crippen LogP contribution >= 0.6 is 15.9 Å². The Bertz CT molecular complexity index is 510. The topological polar surface area (TPSA) is 53.1 Å². The van der Waals surface area contributed by atoms with Crippen LogP contribution in [0.5, 0.6) is 5.75 Å². The van der Waals surface area contributed by atoms with Crippen LogP contribution < -0.4 is 10.5 Å². The molecule has 90 valence electrons. The van der Waals surface area contributed by atoms with Crippen molar-refractivity contribution >= 4 is 15.9 Å². The normalized spacial score (nSPS) is 10.5. The largest absolute Gasteiger partial charge is 0.486 e. The van der Waals surface area contributed by atoms with Gasteiger partial charge in [0.05, 0.1) is 5.69 Å². The predicted octanol–water partition coefficient (Wildman–Crippen LogP) is 2.22. The number of nitrogens with zero attached hydrogens (tertiary/aromatic N) is 2. The monoisotopic (exact) mass is 295 g/mol. The van der Waals surface area contributed by atoms with E-state index in [0.29, 0.717) is 13.2 Å². The van der Waals surface area contributed by atoms with Gasteiger partial charge in [0, 0.05) is 24.3 Å². The zero-order chi connectivity index (χ0) is 12.3. The minimum absolute atomic E-state index is 0.437. The lowest BCUT2D eigenvalue weighted by Crippen LogP contribution is -2.03. The van der Waals surface area contributed by atoms with Crippen LogP contribution in [0.4, 0.5) is 0 Å². The van der Waals surface area contributed by atoms with Gasteiger partial charge in [0.15, 0.2) is 0 Å². The van der Waals surface area contributed by atoms with Gasteiger partial charge < -0.3 is 15.0 Å². The van der Waals surface area contributed by atoms with E-state index in [9.17, 15) is 0 Å². The van der Waals surface area contributed by atoms with Crippen molar-refractivity contribution in [2.75, 3.05) is 0 Å². The van der Waals surface area contributed by atoms with E-state index in [1.165, 1.54) is 0 Å². The predicted molar refractivity (Wildman–Crippen MR) is 69.6 cm³/mol. The number of halogens is 1. The number of aromatic nitrogens is 2. The van der Waals surface area contributed by atoms with E-state index in [2.05, 4.69) is 20.9 Å². The smallest absolute Gasteiger partial charge is 0.146 e. The van der Waals surface area contributed by atoms with Crippen molar-refractivity contribution in [3.63, 3.8) is 0 Å². The number of aryl methyl sites for hydroxylation is 1. The first-order valence-electron chi connectivity index (χ1n) is 5.28. The first kappa shape index (κ1) is 12.1. The molecule has 0 aliphatic carbocycles. The van der Waals surface area contributed by atoms with Crippen LogP contribution in [0.25, 0.3) is 0 Å². The zero-order valence-electron chi connectivity index (χ0n) is 9.56. The van der Waals surface area contributed by atoms with Gasteiger partial charge in [-0.3, -0.25) is 0 Å². The Balaban J connectivity index is 2.04. The maximum absolute atomic E-state index is 5.66. The van der Waals surface area contributed by atoms with Crippen molar-refractivity contribution in [2.45, 2.75) is 13.2 Å². The van der Waals surface area contributed by atoms with Gasteiger partial charge >= 0.3 is 0 Å². The van der Waals surface area contributed by atoms with Gasteiger partial charge in [-0.2, -0.15) is 0 Å². The first-order valence-corrected chi connectivity index (χ1v) is 6.08. The van der Waals surface area contributed by atoms with Crippen molar-refractivity contribution in [1.29, 1.82) is 0 Å². The summed E-state index contributed by atoms with van der Waals surface area (Å²) in [6.07, 6.45) is 1.92. The molecule has 0 fully saturated rings. The van der Waals surface area contributed by atoms with Crippen LogP contribution in [0.15, 0.2) is 34.9 Å². The highest BCUT2D eigenvalue weighted by atomic mass is 79.9. The minimum Gasteiger partial charge on any atom is -0.486 e. The summed E-state index contributed by atoms with van der Waals surface area (Å²) in [5, 5.41) is 0. The third-order valence-electron chi connectivity index (χ3n) is 2.40. The SMILES string of the molecule is Cn1cc(CN)nc1COc1cccc(Br)c1. The lowest BCUT2D eigenvalue weighted by molar-refractivity contribution is 0.291. The first-order chi connectivity index (χ1) is 8.19. The van der Waals surface area contributed by atoms with Crippen molar-refractivity contribution in [3.05, 3.63) is 46.5 Å². The van der Waals surface area contributed by atoms with Crippen LogP contribution in [0.1, 0.15) is 11.5 Å². The van der Waals surface area contributed by atoms with Gasteiger partial charge in [-0.05, 0) is 18.2 Å². The number of benzene rings is 1. The molecule has 0 spiro atoms. The average Bonchev–Trinajstić information content (AvgIpc) is 2.68. The molecule has 5 heteroatoms. The van der Waals surface area contributed by atoms with Crippen molar-refractivity contribution in [1.82, 2.24) is 9.55 Å². The molecule has 0 unspecified atom stereocenters. The number of hydrogen-bond acceptors (Lipinski definition) is 3. The van der Waals surface area contributed by atoms with Gasteiger partial charge in [0.2, 0.25) is 0 Å². The van der Waals surface area contributed by atoms with E-state index in [4.69, 9.17) is 10.5 Å². The minimum atomic E-state index is 0.437. The Hall–Kier alpha value is -1.33. The van der Waals surface area contributed by atoms with E-state index in [1.54, 1.807) is 0 Å². The average molecular weight is 296 g/mol. The quantitative estimate of drug-likeness (QED) is 0.941. The summed E-state index contributed by atoms with van der Waals surface area (Å²) in [6, 6.07) is 7.73. The Kier molecular flexibility index (Phi) is 3.81. The summed E-state index contributed by atoms with van der Waals surface area (Å²) in [5.74, 6) is 1.68. The summed E-state index contributed by atoms with van der Waals surface area (Å²) in [4.78, 5) is 4.37. The molecule has 0 aliphatic heterocycles. The molecular formula is C12H14BrN3O. The van der Waals surface area contributed by atoms with Crippen LogP contribution in [0.3, 0.4) is 0 Å². The molecule has 0 radical (unpaired) electrons. The molecule has 1 aromatic heterocycles. The fourth-order valence-electron chi connectivity index (χ4n) is 1.51. The molecule has 0 saturated carbocycles. The second-order valence-electron chi connectivity index (χ2n) is 3.71. The standard InChI is InChI=1S/C12H14BrN3O/c1-16-7-10(6-14)15-12(16)8-17-11-4-2-3-9(13)5-11/h2-5,7H,6,8,14H2,1H3. The highest BCUT2D eigenvalue weighted by Gasteiger charge is 2.05. The summed E-state index contributed by atoms with van der Waals surface area (Å²) in [7, 11) is 1.94. The van der Waals surface area contributed by atoms with Gasteiger partial charge in [-0.1, -0.05) is 22.0 Å². The Morgan fingerprint density at radius 2 is 2.29 bits per heavy atom. The Labute approximate surface area is 109 Å². The van der Waals surface area contributed by atoms with E-state index >= 15 is 0 Å². The maximum Gasteiger partial charge on any atom is 0.146 e. The molecule has 2 aromatic rings. The van der Waals surface area contributed by atoms with Crippen LogP contribution in [-0.4, -0.2) is 9.55 Å². The van der Waals surface area contributed by atoms with Gasteiger partial charge in [-0.15, -0.1) is 0 Å². The molecule has 0 atom stereocenters. The number of imidazole rings is 1. The molecule has 17 heavy (non-hydrogen) atoms. The highest BCUT2D eigenvalue weighted by Crippen LogP contribution is 2.18. The number of rotatable bonds is 4. The molecular weight excluding hydrogens is 282 g/mol. The number of ether oxygens (including phenoxy) is 1. The molecule has 0 amide bonds. The van der Waals surface area contributed by atoms with Crippen LogP contribution in [0, 0.1) is 0 Å². The Morgan fingerprint density at radius 1 is 1.47 bits per heavy atom.